The van der Waals surface area contributed by atoms with Crippen LogP contribution >= 0.6 is 0 Å². The fourth-order valence-electron chi connectivity index (χ4n) is 3.15. The van der Waals surface area contributed by atoms with Crippen LogP contribution in [-0.4, -0.2) is 19.6 Å². The number of hydrogen-bond acceptors (Lipinski definition) is 2. The molecular weight excluding hydrogens is 220 g/mol. The Labute approximate surface area is 111 Å². The summed E-state index contributed by atoms with van der Waals surface area (Å²) in [6.07, 6.45) is 6.94. The van der Waals surface area contributed by atoms with Gasteiger partial charge in [0, 0.05) is 24.8 Å². The molecule has 0 bridgehead atoms. The molecule has 0 aliphatic heterocycles. The summed E-state index contributed by atoms with van der Waals surface area (Å²) in [4.78, 5) is 2.62. The maximum Gasteiger partial charge on any atom is 0.0414 e. The Kier molecular flexibility index (Phi) is 5.06. The third-order valence-electron chi connectivity index (χ3n) is 4.02. The Hall–Kier alpha value is -1.02. The van der Waals surface area contributed by atoms with Crippen molar-refractivity contribution in [3.8, 4) is 0 Å². The van der Waals surface area contributed by atoms with Gasteiger partial charge < -0.3 is 10.2 Å². The molecule has 0 amide bonds. The molecule has 0 atom stereocenters. The zero-order valence-corrected chi connectivity index (χ0v) is 11.8. The van der Waals surface area contributed by atoms with Gasteiger partial charge in [-0.25, -0.2) is 0 Å². The molecule has 1 aliphatic carbocycles. The Bertz CT molecular complexity index is 356. The highest BCUT2D eigenvalue weighted by molar-refractivity contribution is 5.54. The summed E-state index contributed by atoms with van der Waals surface area (Å²) in [6.45, 7) is 4.36. The van der Waals surface area contributed by atoms with Crippen molar-refractivity contribution in [2.24, 2.45) is 0 Å². The van der Waals surface area contributed by atoms with E-state index in [0.29, 0.717) is 0 Å². The molecule has 1 aromatic carbocycles. The van der Waals surface area contributed by atoms with E-state index in [9.17, 15) is 0 Å². The molecule has 100 valence electrons. The van der Waals surface area contributed by atoms with E-state index in [1.165, 1.54) is 43.4 Å². The largest absolute Gasteiger partial charge is 0.369 e. The summed E-state index contributed by atoms with van der Waals surface area (Å²) in [5, 5.41) is 3.28. The Balaban J connectivity index is 2.20. The highest BCUT2D eigenvalue weighted by atomic mass is 15.2. The van der Waals surface area contributed by atoms with Gasteiger partial charge in [0.05, 0.1) is 0 Å². The highest BCUT2D eigenvalue weighted by Gasteiger charge is 2.21. The summed E-state index contributed by atoms with van der Waals surface area (Å²) >= 11 is 0. The predicted octanol–water partition coefficient (Wildman–Crippen LogP) is 3.57. The highest BCUT2D eigenvalue weighted by Crippen LogP contribution is 2.29. The van der Waals surface area contributed by atoms with Gasteiger partial charge in [-0.05, 0) is 38.4 Å². The van der Waals surface area contributed by atoms with E-state index in [1.54, 1.807) is 0 Å². The lowest BCUT2D eigenvalue weighted by molar-refractivity contribution is 0.417. The average molecular weight is 246 g/mol. The van der Waals surface area contributed by atoms with Crippen molar-refractivity contribution in [3.05, 3.63) is 29.8 Å². The molecule has 1 fully saturated rings. The zero-order valence-electron chi connectivity index (χ0n) is 11.8. The van der Waals surface area contributed by atoms with Crippen LogP contribution in [0.1, 0.15) is 44.6 Å². The van der Waals surface area contributed by atoms with Crippen LogP contribution in [0, 0.1) is 0 Å². The Morgan fingerprint density at radius 3 is 2.56 bits per heavy atom. The topological polar surface area (TPSA) is 15.3 Å². The monoisotopic (exact) mass is 246 g/mol. The molecule has 2 nitrogen and oxygen atoms in total. The van der Waals surface area contributed by atoms with Crippen molar-refractivity contribution in [1.29, 1.82) is 0 Å². The van der Waals surface area contributed by atoms with Crippen LogP contribution in [0.3, 0.4) is 0 Å². The van der Waals surface area contributed by atoms with Crippen LogP contribution in [0.2, 0.25) is 0 Å². The number of anilines is 1. The second-order valence-corrected chi connectivity index (χ2v) is 5.24. The summed E-state index contributed by atoms with van der Waals surface area (Å²) < 4.78 is 0. The van der Waals surface area contributed by atoms with E-state index >= 15 is 0 Å². The average Bonchev–Trinajstić information content (AvgIpc) is 2.43. The van der Waals surface area contributed by atoms with Gasteiger partial charge in [-0.2, -0.15) is 0 Å². The minimum absolute atomic E-state index is 0.752. The van der Waals surface area contributed by atoms with E-state index < -0.39 is 0 Å². The molecule has 0 radical (unpaired) electrons. The van der Waals surface area contributed by atoms with Crippen LogP contribution in [0.15, 0.2) is 24.3 Å². The molecule has 18 heavy (non-hydrogen) atoms. The number of para-hydroxylation sites is 1. The van der Waals surface area contributed by atoms with E-state index in [1.807, 2.05) is 7.05 Å². The molecular formula is C16H26N2. The summed E-state index contributed by atoms with van der Waals surface area (Å²) in [6, 6.07) is 9.59. The first-order valence-corrected chi connectivity index (χ1v) is 7.36. The first-order valence-electron chi connectivity index (χ1n) is 7.36. The molecule has 0 saturated heterocycles. The fraction of sp³-hybridized carbons (Fsp3) is 0.625. The van der Waals surface area contributed by atoms with Gasteiger partial charge in [0.15, 0.2) is 0 Å². The first kappa shape index (κ1) is 13.4. The van der Waals surface area contributed by atoms with Crippen molar-refractivity contribution in [2.75, 3.05) is 18.5 Å². The lowest BCUT2D eigenvalue weighted by Gasteiger charge is -2.36. The predicted molar refractivity (Wildman–Crippen MR) is 79.1 cm³/mol. The molecule has 0 unspecified atom stereocenters. The van der Waals surface area contributed by atoms with E-state index in [0.717, 1.165) is 19.1 Å². The molecule has 0 spiro atoms. The minimum Gasteiger partial charge on any atom is -0.369 e. The van der Waals surface area contributed by atoms with Gasteiger partial charge in [0.2, 0.25) is 0 Å². The second kappa shape index (κ2) is 6.79. The van der Waals surface area contributed by atoms with Crippen molar-refractivity contribution in [2.45, 2.75) is 51.6 Å². The van der Waals surface area contributed by atoms with Gasteiger partial charge in [0.25, 0.3) is 0 Å². The van der Waals surface area contributed by atoms with Crippen molar-refractivity contribution in [3.63, 3.8) is 0 Å². The van der Waals surface area contributed by atoms with Crippen LogP contribution in [0.25, 0.3) is 0 Å². The smallest absolute Gasteiger partial charge is 0.0414 e. The molecule has 1 aliphatic rings. The summed E-state index contributed by atoms with van der Waals surface area (Å²) in [5.74, 6) is 0. The third-order valence-corrected chi connectivity index (χ3v) is 4.02. The molecule has 0 aromatic heterocycles. The minimum atomic E-state index is 0.752. The van der Waals surface area contributed by atoms with Gasteiger partial charge in [-0.3, -0.25) is 0 Å². The number of nitrogens with zero attached hydrogens (tertiary/aromatic N) is 1. The lowest BCUT2D eigenvalue weighted by Crippen LogP contribution is -2.37. The maximum atomic E-state index is 3.28. The lowest BCUT2D eigenvalue weighted by atomic mass is 9.93. The number of benzene rings is 1. The quantitative estimate of drug-likeness (QED) is 0.854. The van der Waals surface area contributed by atoms with Gasteiger partial charge in [-0.1, -0.05) is 37.5 Å². The maximum absolute atomic E-state index is 3.28. The fourth-order valence-corrected chi connectivity index (χ4v) is 3.15. The second-order valence-electron chi connectivity index (χ2n) is 5.24. The van der Waals surface area contributed by atoms with Gasteiger partial charge in [0.1, 0.15) is 0 Å². The molecule has 1 N–H and O–H groups in total. The van der Waals surface area contributed by atoms with Crippen LogP contribution in [0.5, 0.6) is 0 Å². The SMILES string of the molecule is CCN(c1ccccc1CNC)C1CCCCC1. The van der Waals surface area contributed by atoms with Crippen LogP contribution in [0.4, 0.5) is 5.69 Å². The molecule has 2 heteroatoms. The number of rotatable bonds is 5. The summed E-state index contributed by atoms with van der Waals surface area (Å²) in [5.41, 5.74) is 2.86. The first-order chi connectivity index (χ1) is 8.86. The molecule has 2 rings (SSSR count). The van der Waals surface area contributed by atoms with Crippen LogP contribution in [-0.2, 0) is 6.54 Å². The van der Waals surface area contributed by atoms with Gasteiger partial charge >= 0.3 is 0 Å². The van der Waals surface area contributed by atoms with Crippen molar-refractivity contribution >= 4 is 5.69 Å². The number of nitrogens with one attached hydrogen (secondary N) is 1. The van der Waals surface area contributed by atoms with Crippen molar-refractivity contribution in [1.82, 2.24) is 5.32 Å². The third kappa shape index (κ3) is 3.05. The summed E-state index contributed by atoms with van der Waals surface area (Å²) in [7, 11) is 2.02. The van der Waals surface area contributed by atoms with E-state index in [4.69, 9.17) is 0 Å². The normalized spacial score (nSPS) is 16.8. The van der Waals surface area contributed by atoms with E-state index in [-0.39, 0.29) is 0 Å². The standard InChI is InChI=1S/C16H26N2/c1-3-18(15-10-5-4-6-11-15)16-12-8-7-9-14(16)13-17-2/h7-9,12,15,17H,3-6,10-11,13H2,1-2H3. The number of hydrogen-bond donors (Lipinski definition) is 1. The van der Waals surface area contributed by atoms with E-state index in [2.05, 4.69) is 41.4 Å². The Morgan fingerprint density at radius 2 is 1.89 bits per heavy atom. The van der Waals surface area contributed by atoms with Gasteiger partial charge in [-0.15, -0.1) is 0 Å². The zero-order chi connectivity index (χ0) is 12.8. The van der Waals surface area contributed by atoms with Crippen molar-refractivity contribution < 1.29 is 0 Å². The molecule has 0 heterocycles. The molecule has 1 aromatic rings. The van der Waals surface area contributed by atoms with Crippen LogP contribution < -0.4 is 10.2 Å². The Morgan fingerprint density at radius 1 is 1.17 bits per heavy atom. The molecule has 1 saturated carbocycles.